The zero-order valence-electron chi connectivity index (χ0n) is 11.5. The lowest BCUT2D eigenvalue weighted by Crippen LogP contribution is -2.18. The van der Waals surface area contributed by atoms with Crippen molar-refractivity contribution < 1.29 is 5.11 Å². The molecule has 2 heteroatoms. The number of rotatable bonds is 3. The highest BCUT2D eigenvalue weighted by Gasteiger charge is 2.20. The average Bonchev–Trinajstić information content (AvgIpc) is 2.55. The number of nitrogens with one attached hydrogen (secondary N) is 1. The van der Waals surface area contributed by atoms with Crippen molar-refractivity contribution in [3.8, 4) is 5.75 Å². The van der Waals surface area contributed by atoms with E-state index in [1.165, 1.54) is 32.1 Å². The summed E-state index contributed by atoms with van der Waals surface area (Å²) in [7, 11) is 0. The molecule has 18 heavy (non-hydrogen) atoms. The number of phenols is 1. The molecule has 1 saturated carbocycles. The largest absolute Gasteiger partial charge is 0.508 e. The van der Waals surface area contributed by atoms with E-state index in [4.69, 9.17) is 0 Å². The van der Waals surface area contributed by atoms with Gasteiger partial charge in [-0.05, 0) is 43.2 Å². The third-order valence-electron chi connectivity index (χ3n) is 4.17. The topological polar surface area (TPSA) is 32.3 Å². The first kappa shape index (κ1) is 13.3. The van der Waals surface area contributed by atoms with Crippen LogP contribution in [-0.2, 0) is 0 Å². The summed E-state index contributed by atoms with van der Waals surface area (Å²) in [4.78, 5) is 0. The summed E-state index contributed by atoms with van der Waals surface area (Å²) in [6.07, 6.45) is 6.51. The van der Waals surface area contributed by atoms with Crippen molar-refractivity contribution in [3.63, 3.8) is 0 Å². The van der Waals surface area contributed by atoms with E-state index in [0.29, 0.717) is 11.8 Å². The molecular weight excluding hydrogens is 222 g/mol. The van der Waals surface area contributed by atoms with Gasteiger partial charge in [-0.2, -0.15) is 0 Å². The molecule has 2 rings (SSSR count). The van der Waals surface area contributed by atoms with Gasteiger partial charge in [-0.25, -0.2) is 0 Å². The van der Waals surface area contributed by atoms with E-state index in [9.17, 15) is 5.11 Å². The number of benzene rings is 1. The first-order valence-electron chi connectivity index (χ1n) is 7.20. The fraction of sp³-hybridized carbons (Fsp3) is 0.625. The van der Waals surface area contributed by atoms with Gasteiger partial charge in [0.05, 0.1) is 0 Å². The molecule has 2 atom stereocenters. The highest BCUT2D eigenvalue weighted by Crippen LogP contribution is 2.30. The molecule has 0 spiro atoms. The van der Waals surface area contributed by atoms with Crippen molar-refractivity contribution in [2.75, 3.05) is 5.32 Å². The van der Waals surface area contributed by atoms with E-state index >= 15 is 0 Å². The van der Waals surface area contributed by atoms with Crippen LogP contribution in [0.3, 0.4) is 0 Å². The molecule has 0 radical (unpaired) electrons. The van der Waals surface area contributed by atoms with Crippen molar-refractivity contribution in [2.45, 2.75) is 52.0 Å². The Morgan fingerprint density at radius 3 is 2.72 bits per heavy atom. The Kier molecular flexibility index (Phi) is 4.51. The number of aromatic hydroxyl groups is 1. The zero-order valence-corrected chi connectivity index (χ0v) is 11.5. The Labute approximate surface area is 110 Å². The van der Waals surface area contributed by atoms with Crippen molar-refractivity contribution >= 4 is 5.69 Å². The molecule has 0 aliphatic heterocycles. The summed E-state index contributed by atoms with van der Waals surface area (Å²) < 4.78 is 0. The zero-order chi connectivity index (χ0) is 13.0. The Morgan fingerprint density at radius 1 is 1.17 bits per heavy atom. The lowest BCUT2D eigenvalue weighted by atomic mass is 9.89. The quantitative estimate of drug-likeness (QED) is 0.775. The van der Waals surface area contributed by atoms with Crippen LogP contribution in [0.5, 0.6) is 5.75 Å². The van der Waals surface area contributed by atoms with E-state index in [1.807, 2.05) is 18.2 Å². The smallest absolute Gasteiger partial charge is 0.117 e. The van der Waals surface area contributed by atoms with Crippen LogP contribution in [0.15, 0.2) is 24.3 Å². The summed E-state index contributed by atoms with van der Waals surface area (Å²) in [5.41, 5.74) is 1.04. The number of phenolic OH excluding ortho intramolecular Hbond substituents is 1. The second-order valence-corrected chi connectivity index (χ2v) is 5.90. The van der Waals surface area contributed by atoms with Gasteiger partial charge in [0.15, 0.2) is 0 Å². The third-order valence-corrected chi connectivity index (χ3v) is 4.17. The van der Waals surface area contributed by atoms with Crippen LogP contribution in [0, 0.1) is 11.8 Å². The standard InChI is InChI=1S/C16H25NO/c1-12(2)13-5-3-6-14(10-9-13)17-15-7-4-8-16(18)11-15/h4,7-8,11-14,17-18H,3,5-6,9-10H2,1-2H3. The van der Waals surface area contributed by atoms with Crippen LogP contribution in [0.25, 0.3) is 0 Å². The third kappa shape index (κ3) is 3.66. The van der Waals surface area contributed by atoms with E-state index in [1.54, 1.807) is 6.07 Å². The predicted octanol–water partition coefficient (Wildman–Crippen LogP) is 4.41. The molecule has 2 unspecified atom stereocenters. The molecular formula is C16H25NO. The lowest BCUT2D eigenvalue weighted by Gasteiger charge is -2.19. The highest BCUT2D eigenvalue weighted by molar-refractivity contribution is 5.48. The minimum atomic E-state index is 0.341. The first-order chi connectivity index (χ1) is 8.65. The summed E-state index contributed by atoms with van der Waals surface area (Å²) in [5, 5.41) is 13.0. The van der Waals surface area contributed by atoms with Crippen molar-refractivity contribution in [1.82, 2.24) is 0 Å². The molecule has 0 saturated heterocycles. The molecule has 2 nitrogen and oxygen atoms in total. The van der Waals surface area contributed by atoms with Crippen molar-refractivity contribution in [1.29, 1.82) is 0 Å². The van der Waals surface area contributed by atoms with Crippen molar-refractivity contribution in [3.05, 3.63) is 24.3 Å². The molecule has 2 N–H and O–H groups in total. The van der Waals surface area contributed by atoms with E-state index in [0.717, 1.165) is 17.5 Å². The summed E-state index contributed by atoms with van der Waals surface area (Å²) >= 11 is 0. The number of anilines is 1. The second kappa shape index (κ2) is 6.12. The van der Waals surface area contributed by atoms with Gasteiger partial charge in [0.2, 0.25) is 0 Å². The van der Waals surface area contributed by atoms with Crippen LogP contribution in [-0.4, -0.2) is 11.1 Å². The lowest BCUT2D eigenvalue weighted by molar-refractivity contribution is 0.341. The molecule has 0 heterocycles. The molecule has 0 amide bonds. The number of hydrogen-bond acceptors (Lipinski definition) is 2. The van der Waals surface area contributed by atoms with E-state index < -0.39 is 0 Å². The monoisotopic (exact) mass is 247 g/mol. The van der Waals surface area contributed by atoms with E-state index in [2.05, 4.69) is 19.2 Å². The minimum absolute atomic E-state index is 0.341. The maximum absolute atomic E-state index is 9.47. The van der Waals surface area contributed by atoms with Gasteiger partial charge in [-0.3, -0.25) is 0 Å². The fourth-order valence-corrected chi connectivity index (χ4v) is 2.97. The predicted molar refractivity (Wildman–Crippen MR) is 76.9 cm³/mol. The Bertz CT molecular complexity index is 375. The van der Waals surface area contributed by atoms with Crippen LogP contribution in [0.2, 0.25) is 0 Å². The van der Waals surface area contributed by atoms with Gasteiger partial charge in [0, 0.05) is 17.8 Å². The van der Waals surface area contributed by atoms with Gasteiger partial charge in [0.1, 0.15) is 5.75 Å². The molecule has 1 fully saturated rings. The highest BCUT2D eigenvalue weighted by atomic mass is 16.3. The van der Waals surface area contributed by atoms with Gasteiger partial charge in [-0.15, -0.1) is 0 Å². The van der Waals surface area contributed by atoms with Gasteiger partial charge in [-0.1, -0.05) is 32.8 Å². The van der Waals surface area contributed by atoms with E-state index in [-0.39, 0.29) is 0 Å². The van der Waals surface area contributed by atoms with Crippen LogP contribution in [0.1, 0.15) is 46.0 Å². The van der Waals surface area contributed by atoms with Crippen molar-refractivity contribution in [2.24, 2.45) is 11.8 Å². The Hall–Kier alpha value is -1.18. The normalized spacial score (nSPS) is 24.8. The minimum Gasteiger partial charge on any atom is -0.508 e. The van der Waals surface area contributed by atoms with Crippen LogP contribution < -0.4 is 5.32 Å². The molecule has 1 aliphatic rings. The second-order valence-electron chi connectivity index (χ2n) is 5.90. The Balaban J connectivity index is 1.91. The Morgan fingerprint density at radius 2 is 2.00 bits per heavy atom. The van der Waals surface area contributed by atoms with Gasteiger partial charge < -0.3 is 10.4 Å². The van der Waals surface area contributed by atoms with Gasteiger partial charge in [0.25, 0.3) is 0 Å². The summed E-state index contributed by atoms with van der Waals surface area (Å²) in [6.45, 7) is 4.68. The molecule has 0 bridgehead atoms. The molecule has 1 aromatic rings. The average molecular weight is 247 g/mol. The summed E-state index contributed by atoms with van der Waals surface area (Å²) in [5.74, 6) is 2.04. The molecule has 0 aromatic heterocycles. The molecule has 1 aromatic carbocycles. The first-order valence-corrected chi connectivity index (χ1v) is 7.20. The van der Waals surface area contributed by atoms with Crippen LogP contribution in [0.4, 0.5) is 5.69 Å². The SMILES string of the molecule is CC(C)C1CCCC(Nc2cccc(O)c2)CC1. The molecule has 100 valence electrons. The maximum atomic E-state index is 9.47. The van der Waals surface area contributed by atoms with Crippen LogP contribution >= 0.6 is 0 Å². The van der Waals surface area contributed by atoms with Gasteiger partial charge >= 0.3 is 0 Å². The number of hydrogen-bond donors (Lipinski definition) is 2. The maximum Gasteiger partial charge on any atom is 0.117 e. The molecule has 1 aliphatic carbocycles. The summed E-state index contributed by atoms with van der Waals surface area (Å²) in [6, 6.07) is 8.02. The fourth-order valence-electron chi connectivity index (χ4n) is 2.97.